The first-order chi connectivity index (χ1) is 22.4. The van der Waals surface area contributed by atoms with E-state index in [2.05, 4.69) is 15.5 Å². The Balaban J connectivity index is 1.21. The molecule has 242 valence electrons. The molecule has 2 amide bonds. The largest absolute Gasteiger partial charge is 0.444 e. The van der Waals surface area contributed by atoms with Crippen LogP contribution in [0.3, 0.4) is 0 Å². The highest BCUT2D eigenvalue weighted by molar-refractivity contribution is 6.04. The van der Waals surface area contributed by atoms with E-state index in [0.717, 1.165) is 42.5 Å². The van der Waals surface area contributed by atoms with Crippen molar-refractivity contribution < 1.29 is 18.7 Å². The number of pyridine rings is 2. The standard InChI is InChI=1S/C35H36FN7O4/c1-35(2,3)47-34(46)42-12-11-21(17-42)23-13-28(33(45)43(18-23)25-8-9-25)32(44)39-30-15-22(14-29(38-30)20-5-6-20)26-10-7-24(36)16-27(26)31-40-37-19-41(31)4/h7,10-11,13-16,18-20,25H,5-6,8-9,12,17H2,1-4H3,(H,38,39,44). The van der Waals surface area contributed by atoms with Gasteiger partial charge in [-0.05, 0) is 99.0 Å². The number of nitrogens with one attached hydrogen (secondary N) is 1. The molecular formula is C35H36FN7O4. The minimum Gasteiger partial charge on any atom is -0.444 e. The SMILES string of the molecule is Cn1cnnc1-c1cc(F)ccc1-c1cc(NC(=O)c2cc(C3=CCN(C(=O)OC(C)(C)C)C3)cn(C3CC3)c2=O)nc(C2CC2)c1. The van der Waals surface area contributed by atoms with Crippen molar-refractivity contribution in [2.45, 2.75) is 64.0 Å². The number of benzene rings is 1. The molecule has 4 heterocycles. The number of amides is 2. The van der Waals surface area contributed by atoms with Crippen LogP contribution in [0.4, 0.5) is 15.0 Å². The van der Waals surface area contributed by atoms with Crippen LogP contribution in [0.25, 0.3) is 28.1 Å². The number of aromatic nitrogens is 5. The van der Waals surface area contributed by atoms with Gasteiger partial charge in [-0.3, -0.25) is 9.59 Å². The maximum Gasteiger partial charge on any atom is 0.410 e. The molecule has 2 fully saturated rings. The Morgan fingerprint density at radius 2 is 1.81 bits per heavy atom. The summed E-state index contributed by atoms with van der Waals surface area (Å²) < 4.78 is 23.3. The van der Waals surface area contributed by atoms with Gasteiger partial charge in [0.2, 0.25) is 0 Å². The molecule has 47 heavy (non-hydrogen) atoms. The van der Waals surface area contributed by atoms with Gasteiger partial charge < -0.3 is 24.1 Å². The Morgan fingerprint density at radius 3 is 2.49 bits per heavy atom. The van der Waals surface area contributed by atoms with Crippen molar-refractivity contribution in [1.82, 2.24) is 29.2 Å². The summed E-state index contributed by atoms with van der Waals surface area (Å²) in [5, 5.41) is 11.0. The second-order valence-electron chi connectivity index (χ2n) is 13.5. The fourth-order valence-electron chi connectivity index (χ4n) is 5.82. The summed E-state index contributed by atoms with van der Waals surface area (Å²) in [6, 6.07) is 9.81. The molecule has 2 saturated carbocycles. The molecule has 0 saturated heterocycles. The molecule has 3 aliphatic rings. The summed E-state index contributed by atoms with van der Waals surface area (Å²) in [6.07, 6.45) is 8.51. The zero-order chi connectivity index (χ0) is 33.0. The molecule has 0 unspecified atom stereocenters. The quantitative estimate of drug-likeness (QED) is 0.266. The highest BCUT2D eigenvalue weighted by atomic mass is 19.1. The molecule has 11 nitrogen and oxygen atoms in total. The third-order valence-corrected chi connectivity index (χ3v) is 8.50. The summed E-state index contributed by atoms with van der Waals surface area (Å²) >= 11 is 0. The molecule has 0 bridgehead atoms. The van der Waals surface area contributed by atoms with Crippen LogP contribution in [0.2, 0.25) is 0 Å². The molecule has 2 aliphatic carbocycles. The van der Waals surface area contributed by atoms with E-state index in [9.17, 15) is 18.8 Å². The van der Waals surface area contributed by atoms with E-state index in [1.807, 2.05) is 32.9 Å². The molecule has 1 N–H and O–H groups in total. The maximum absolute atomic E-state index is 14.5. The molecular weight excluding hydrogens is 601 g/mol. The van der Waals surface area contributed by atoms with Crippen molar-refractivity contribution in [3.63, 3.8) is 0 Å². The fourth-order valence-corrected chi connectivity index (χ4v) is 5.82. The van der Waals surface area contributed by atoms with Gasteiger partial charge in [0.15, 0.2) is 5.82 Å². The normalized spacial score (nSPS) is 16.3. The van der Waals surface area contributed by atoms with Gasteiger partial charge in [0, 0.05) is 49.6 Å². The van der Waals surface area contributed by atoms with Gasteiger partial charge in [-0.15, -0.1) is 10.2 Å². The topological polar surface area (TPSA) is 124 Å². The van der Waals surface area contributed by atoms with Crippen LogP contribution < -0.4 is 10.9 Å². The van der Waals surface area contributed by atoms with E-state index in [0.29, 0.717) is 41.4 Å². The Kier molecular flexibility index (Phi) is 7.53. The van der Waals surface area contributed by atoms with E-state index in [1.165, 1.54) is 12.1 Å². The number of hydrogen-bond acceptors (Lipinski definition) is 7. The van der Waals surface area contributed by atoms with Gasteiger partial charge in [-0.2, -0.15) is 0 Å². The van der Waals surface area contributed by atoms with Crippen LogP contribution in [0.1, 0.15) is 80.0 Å². The molecule has 0 spiro atoms. The van der Waals surface area contributed by atoms with Gasteiger partial charge >= 0.3 is 6.09 Å². The number of halogens is 1. The third kappa shape index (κ3) is 6.45. The van der Waals surface area contributed by atoms with Crippen LogP contribution in [-0.4, -0.2) is 59.9 Å². The Labute approximate surface area is 271 Å². The minimum atomic E-state index is -0.622. The van der Waals surface area contributed by atoms with Gasteiger partial charge in [-0.25, -0.2) is 14.2 Å². The number of nitrogens with zero attached hydrogens (tertiary/aromatic N) is 6. The highest BCUT2D eigenvalue weighted by Crippen LogP contribution is 2.42. The number of ether oxygens (including phenoxy) is 1. The van der Waals surface area contributed by atoms with Crippen molar-refractivity contribution in [3.05, 3.63) is 88.0 Å². The van der Waals surface area contributed by atoms with Crippen LogP contribution in [-0.2, 0) is 11.8 Å². The fraction of sp³-hybridized carbons (Fsp3) is 0.371. The second-order valence-corrected chi connectivity index (χ2v) is 13.5. The zero-order valence-corrected chi connectivity index (χ0v) is 26.8. The van der Waals surface area contributed by atoms with Crippen molar-refractivity contribution >= 4 is 23.4 Å². The predicted octanol–water partition coefficient (Wildman–Crippen LogP) is 5.94. The van der Waals surface area contributed by atoms with E-state index in [-0.39, 0.29) is 23.1 Å². The first-order valence-electron chi connectivity index (χ1n) is 15.8. The number of carbonyl (C=O) groups excluding carboxylic acids is 2. The number of aryl methyl sites for hydroxylation is 1. The van der Waals surface area contributed by atoms with Crippen LogP contribution >= 0.6 is 0 Å². The maximum atomic E-state index is 14.5. The third-order valence-electron chi connectivity index (χ3n) is 8.50. The summed E-state index contributed by atoms with van der Waals surface area (Å²) in [4.78, 5) is 46.5. The molecule has 1 aromatic carbocycles. The first kappa shape index (κ1) is 30.5. The summed E-state index contributed by atoms with van der Waals surface area (Å²) in [5.74, 6) is 0.0605. The van der Waals surface area contributed by atoms with Gasteiger partial charge in [0.1, 0.15) is 29.1 Å². The van der Waals surface area contributed by atoms with Crippen LogP contribution in [0.15, 0.2) is 59.8 Å². The predicted molar refractivity (Wildman–Crippen MR) is 174 cm³/mol. The smallest absolute Gasteiger partial charge is 0.410 e. The monoisotopic (exact) mass is 637 g/mol. The van der Waals surface area contributed by atoms with Gasteiger partial charge in [-0.1, -0.05) is 12.1 Å². The van der Waals surface area contributed by atoms with Crippen molar-refractivity contribution in [3.8, 4) is 22.5 Å². The Hall–Kier alpha value is -5.13. The average molecular weight is 638 g/mol. The lowest BCUT2D eigenvalue weighted by molar-refractivity contribution is 0.0306. The number of carbonyl (C=O) groups is 2. The van der Waals surface area contributed by atoms with E-state index in [4.69, 9.17) is 9.72 Å². The highest BCUT2D eigenvalue weighted by Gasteiger charge is 2.31. The molecule has 7 rings (SSSR count). The van der Waals surface area contributed by atoms with Crippen LogP contribution in [0, 0.1) is 5.82 Å². The molecule has 0 atom stereocenters. The Morgan fingerprint density at radius 1 is 1.02 bits per heavy atom. The van der Waals surface area contributed by atoms with Gasteiger partial charge in [0.25, 0.3) is 11.5 Å². The summed E-state index contributed by atoms with van der Waals surface area (Å²) in [5.41, 5.74) is 3.35. The molecule has 12 heteroatoms. The second kappa shape index (κ2) is 11.6. The average Bonchev–Trinajstić information content (AvgIpc) is 3.95. The van der Waals surface area contributed by atoms with Crippen molar-refractivity contribution in [1.29, 1.82) is 0 Å². The lowest BCUT2D eigenvalue weighted by Crippen LogP contribution is -2.35. The lowest BCUT2D eigenvalue weighted by atomic mass is 9.98. The summed E-state index contributed by atoms with van der Waals surface area (Å²) in [6.45, 7) is 6.13. The van der Waals surface area contributed by atoms with Crippen molar-refractivity contribution in [2.75, 3.05) is 18.4 Å². The summed E-state index contributed by atoms with van der Waals surface area (Å²) in [7, 11) is 1.79. The number of anilines is 1. The van der Waals surface area contributed by atoms with Gasteiger partial charge in [0.05, 0.1) is 0 Å². The van der Waals surface area contributed by atoms with Crippen LogP contribution in [0.5, 0.6) is 0 Å². The lowest BCUT2D eigenvalue weighted by Gasteiger charge is -2.24. The first-order valence-corrected chi connectivity index (χ1v) is 15.8. The Bertz CT molecular complexity index is 2000. The number of rotatable bonds is 7. The van der Waals surface area contributed by atoms with E-state index < -0.39 is 23.4 Å². The van der Waals surface area contributed by atoms with Crippen molar-refractivity contribution in [2.24, 2.45) is 7.05 Å². The number of hydrogen-bond donors (Lipinski definition) is 1. The molecule has 3 aromatic heterocycles. The molecule has 4 aromatic rings. The molecule has 1 aliphatic heterocycles. The zero-order valence-electron chi connectivity index (χ0n) is 26.8. The minimum absolute atomic E-state index is 0.00671. The van der Waals surface area contributed by atoms with E-state index >= 15 is 0 Å². The van der Waals surface area contributed by atoms with E-state index in [1.54, 1.807) is 51.8 Å². The molecule has 0 radical (unpaired) electrons.